The molecule has 3 atom stereocenters. The Balaban J connectivity index is 2.39. The Hall–Kier alpha value is -0.0800. The first-order chi connectivity index (χ1) is 3.70. The van der Waals surface area contributed by atoms with E-state index in [1.54, 1.807) is 0 Å². The van der Waals surface area contributed by atoms with Crippen LogP contribution in [0.3, 0.4) is 0 Å². The minimum Gasteiger partial charge on any atom is -0.390 e. The van der Waals surface area contributed by atoms with Crippen molar-refractivity contribution in [3.8, 4) is 0 Å². The highest BCUT2D eigenvalue weighted by Crippen LogP contribution is 2.18. The van der Waals surface area contributed by atoms with Crippen LogP contribution in [0.15, 0.2) is 0 Å². The Morgan fingerprint density at radius 1 is 1.50 bits per heavy atom. The Morgan fingerprint density at radius 2 is 2.12 bits per heavy atom. The summed E-state index contributed by atoms with van der Waals surface area (Å²) in [5, 5.41) is 9.04. The molecular formula is C6H12O2. The fraction of sp³-hybridized carbons (Fsp3) is 1.00. The van der Waals surface area contributed by atoms with E-state index in [0.717, 1.165) is 6.42 Å². The van der Waals surface area contributed by atoms with Gasteiger partial charge in [0.05, 0.1) is 18.3 Å². The van der Waals surface area contributed by atoms with E-state index in [1.165, 1.54) is 0 Å². The smallest absolute Gasteiger partial charge is 0.0823 e. The van der Waals surface area contributed by atoms with Crippen LogP contribution >= 0.6 is 0 Å². The lowest BCUT2D eigenvalue weighted by atomic mass is 10.2. The van der Waals surface area contributed by atoms with Crippen molar-refractivity contribution in [3.05, 3.63) is 0 Å². The van der Waals surface area contributed by atoms with Crippen LogP contribution in [0.1, 0.15) is 20.3 Å². The summed E-state index contributed by atoms with van der Waals surface area (Å²) in [6, 6.07) is 0. The van der Waals surface area contributed by atoms with E-state index in [4.69, 9.17) is 9.84 Å². The zero-order valence-corrected chi connectivity index (χ0v) is 5.29. The molecular weight excluding hydrogens is 104 g/mol. The lowest BCUT2D eigenvalue weighted by Gasteiger charge is -2.04. The molecule has 1 rings (SSSR count). The predicted molar refractivity (Wildman–Crippen MR) is 30.6 cm³/mol. The minimum absolute atomic E-state index is 0.0463. The third-order valence-electron chi connectivity index (χ3n) is 1.56. The zero-order chi connectivity index (χ0) is 6.15. The van der Waals surface area contributed by atoms with E-state index in [0.29, 0.717) is 0 Å². The van der Waals surface area contributed by atoms with Gasteiger partial charge in [0.25, 0.3) is 0 Å². The molecule has 1 fully saturated rings. The van der Waals surface area contributed by atoms with Crippen LogP contribution in [-0.4, -0.2) is 23.4 Å². The molecule has 2 nitrogen and oxygen atoms in total. The molecule has 0 aliphatic carbocycles. The summed E-state index contributed by atoms with van der Waals surface area (Å²) in [5.41, 5.74) is 0. The van der Waals surface area contributed by atoms with E-state index in [2.05, 4.69) is 0 Å². The molecule has 1 saturated heterocycles. The second-order valence-corrected chi connectivity index (χ2v) is 2.45. The molecule has 0 bridgehead atoms. The van der Waals surface area contributed by atoms with Gasteiger partial charge >= 0.3 is 0 Å². The maximum absolute atomic E-state index is 9.04. The van der Waals surface area contributed by atoms with Gasteiger partial charge in [-0.15, -0.1) is 0 Å². The summed E-state index contributed by atoms with van der Waals surface area (Å²) in [7, 11) is 0. The molecule has 8 heavy (non-hydrogen) atoms. The molecule has 48 valence electrons. The van der Waals surface area contributed by atoms with Gasteiger partial charge in [0.1, 0.15) is 0 Å². The Bertz CT molecular complexity index is 72.6. The van der Waals surface area contributed by atoms with E-state index in [-0.39, 0.29) is 18.3 Å². The SMILES string of the molecule is C[C@@H]1C[C@H](O)[C@@H](C)O1. The van der Waals surface area contributed by atoms with Gasteiger partial charge in [-0.1, -0.05) is 0 Å². The van der Waals surface area contributed by atoms with Crippen LogP contribution < -0.4 is 0 Å². The highest BCUT2D eigenvalue weighted by molar-refractivity contribution is 4.75. The van der Waals surface area contributed by atoms with Crippen LogP contribution in [0.2, 0.25) is 0 Å². The summed E-state index contributed by atoms with van der Waals surface area (Å²) < 4.78 is 5.22. The summed E-state index contributed by atoms with van der Waals surface area (Å²) in [6.45, 7) is 3.88. The topological polar surface area (TPSA) is 29.5 Å². The molecule has 1 aliphatic rings. The summed E-state index contributed by atoms with van der Waals surface area (Å²) in [5.74, 6) is 0. The Morgan fingerprint density at radius 3 is 2.25 bits per heavy atom. The normalized spacial score (nSPS) is 47.6. The molecule has 1 N–H and O–H groups in total. The van der Waals surface area contributed by atoms with Crippen molar-refractivity contribution in [2.75, 3.05) is 0 Å². The van der Waals surface area contributed by atoms with Gasteiger partial charge in [-0.2, -0.15) is 0 Å². The van der Waals surface area contributed by atoms with Crippen LogP contribution in [0.4, 0.5) is 0 Å². The third-order valence-corrected chi connectivity index (χ3v) is 1.56. The predicted octanol–water partition coefficient (Wildman–Crippen LogP) is 0.545. The van der Waals surface area contributed by atoms with Gasteiger partial charge in [-0.25, -0.2) is 0 Å². The van der Waals surface area contributed by atoms with Crippen molar-refractivity contribution < 1.29 is 9.84 Å². The van der Waals surface area contributed by atoms with E-state index < -0.39 is 0 Å². The molecule has 0 saturated carbocycles. The van der Waals surface area contributed by atoms with Crippen LogP contribution in [0.5, 0.6) is 0 Å². The molecule has 0 unspecified atom stereocenters. The second kappa shape index (κ2) is 2.03. The summed E-state index contributed by atoms with van der Waals surface area (Å²) >= 11 is 0. The second-order valence-electron chi connectivity index (χ2n) is 2.45. The van der Waals surface area contributed by atoms with Gasteiger partial charge in [0.15, 0.2) is 0 Å². The first-order valence-corrected chi connectivity index (χ1v) is 3.03. The van der Waals surface area contributed by atoms with Gasteiger partial charge < -0.3 is 9.84 Å². The lowest BCUT2D eigenvalue weighted by Crippen LogP contribution is -2.15. The van der Waals surface area contributed by atoms with Crippen molar-refractivity contribution in [3.63, 3.8) is 0 Å². The minimum atomic E-state index is -0.231. The van der Waals surface area contributed by atoms with E-state index in [1.807, 2.05) is 13.8 Å². The average Bonchev–Trinajstić information content (AvgIpc) is 1.85. The molecule has 1 heterocycles. The van der Waals surface area contributed by atoms with Gasteiger partial charge in [-0.3, -0.25) is 0 Å². The molecule has 0 aromatic heterocycles. The fourth-order valence-corrected chi connectivity index (χ4v) is 1.04. The van der Waals surface area contributed by atoms with Gasteiger partial charge in [-0.05, 0) is 13.8 Å². The maximum atomic E-state index is 9.04. The van der Waals surface area contributed by atoms with Gasteiger partial charge in [0, 0.05) is 6.42 Å². The van der Waals surface area contributed by atoms with Crippen LogP contribution in [0.25, 0.3) is 0 Å². The highest BCUT2D eigenvalue weighted by atomic mass is 16.5. The number of hydrogen-bond acceptors (Lipinski definition) is 2. The molecule has 0 spiro atoms. The Labute approximate surface area is 49.5 Å². The third kappa shape index (κ3) is 1.01. The lowest BCUT2D eigenvalue weighted by molar-refractivity contribution is 0.0287. The number of aliphatic hydroxyl groups is 1. The van der Waals surface area contributed by atoms with Crippen molar-refractivity contribution in [1.82, 2.24) is 0 Å². The van der Waals surface area contributed by atoms with E-state index in [9.17, 15) is 0 Å². The van der Waals surface area contributed by atoms with Crippen molar-refractivity contribution in [2.45, 2.75) is 38.6 Å². The quantitative estimate of drug-likeness (QED) is 0.500. The molecule has 2 heteroatoms. The number of rotatable bonds is 0. The first kappa shape index (κ1) is 6.05. The summed E-state index contributed by atoms with van der Waals surface area (Å²) in [4.78, 5) is 0. The monoisotopic (exact) mass is 116 g/mol. The highest BCUT2D eigenvalue weighted by Gasteiger charge is 2.26. The number of aliphatic hydroxyl groups excluding tert-OH is 1. The fourth-order valence-electron chi connectivity index (χ4n) is 1.04. The number of hydrogen-bond donors (Lipinski definition) is 1. The maximum Gasteiger partial charge on any atom is 0.0823 e. The molecule has 0 radical (unpaired) electrons. The van der Waals surface area contributed by atoms with Crippen LogP contribution in [0, 0.1) is 0 Å². The largest absolute Gasteiger partial charge is 0.390 e. The molecule has 0 amide bonds. The zero-order valence-electron chi connectivity index (χ0n) is 5.29. The summed E-state index contributed by atoms with van der Waals surface area (Å²) in [6.07, 6.45) is 0.858. The van der Waals surface area contributed by atoms with Gasteiger partial charge in [0.2, 0.25) is 0 Å². The standard InChI is InChI=1S/C6H12O2/c1-4-3-6(7)5(2)8-4/h4-7H,3H2,1-2H3/t4-,5-,6+/m1/s1. The number of ether oxygens (including phenoxy) is 1. The van der Waals surface area contributed by atoms with Crippen molar-refractivity contribution in [2.24, 2.45) is 0 Å². The van der Waals surface area contributed by atoms with Crippen molar-refractivity contribution in [1.29, 1.82) is 0 Å². The Kier molecular flexibility index (Phi) is 1.54. The van der Waals surface area contributed by atoms with E-state index >= 15 is 0 Å². The average molecular weight is 116 g/mol. The molecule has 1 aliphatic heterocycles. The molecule has 0 aromatic carbocycles. The van der Waals surface area contributed by atoms with Crippen LogP contribution in [-0.2, 0) is 4.74 Å². The van der Waals surface area contributed by atoms with Crippen molar-refractivity contribution >= 4 is 0 Å². The molecule has 0 aromatic rings. The first-order valence-electron chi connectivity index (χ1n) is 3.03.